The van der Waals surface area contributed by atoms with E-state index < -0.39 is 4.92 Å². The van der Waals surface area contributed by atoms with Gasteiger partial charge in [0, 0.05) is 42.1 Å². The molecule has 43 heavy (non-hydrogen) atoms. The number of nitro benzene ring substituents is 1. The first-order valence-corrected chi connectivity index (χ1v) is 14.0. The van der Waals surface area contributed by atoms with Crippen LogP contribution in [0.2, 0.25) is 0 Å². The van der Waals surface area contributed by atoms with Crippen molar-refractivity contribution in [2.45, 2.75) is 32.9 Å². The van der Waals surface area contributed by atoms with Crippen LogP contribution in [0.1, 0.15) is 40.3 Å². The lowest BCUT2D eigenvalue weighted by molar-refractivity contribution is -0.384. The number of pyridine rings is 1. The van der Waals surface area contributed by atoms with Crippen LogP contribution in [-0.4, -0.2) is 46.3 Å². The van der Waals surface area contributed by atoms with Crippen LogP contribution >= 0.6 is 12.2 Å². The Labute approximate surface area is 254 Å². The van der Waals surface area contributed by atoms with Crippen LogP contribution in [0.15, 0.2) is 66.9 Å². The molecule has 2 N–H and O–H groups in total. The number of carbonyl (C=O) groups excluding carboxylic acids is 1. The molecular formula is C31H32N6O5S. The molecule has 1 amide bonds. The molecule has 5 rings (SSSR count). The number of non-ortho nitro benzene ring substituents is 1. The van der Waals surface area contributed by atoms with Crippen molar-refractivity contribution in [3.63, 3.8) is 0 Å². The van der Waals surface area contributed by atoms with Gasteiger partial charge in [0.15, 0.2) is 5.11 Å². The minimum absolute atomic E-state index is 0.0374. The molecule has 0 unspecified atom stereocenters. The zero-order chi connectivity index (χ0) is 30.8. The fraction of sp³-hybridized carbons (Fsp3) is 0.258. The second-order valence-corrected chi connectivity index (χ2v) is 10.6. The van der Waals surface area contributed by atoms with E-state index in [1.54, 1.807) is 12.3 Å². The fourth-order valence-corrected chi connectivity index (χ4v) is 5.97. The summed E-state index contributed by atoms with van der Waals surface area (Å²) in [6.07, 6.45) is 1.76. The molecule has 1 saturated heterocycles. The molecule has 1 aliphatic heterocycles. The first-order chi connectivity index (χ1) is 20.6. The number of aryl methyl sites for hydroxylation is 2. The van der Waals surface area contributed by atoms with E-state index in [0.29, 0.717) is 22.2 Å². The van der Waals surface area contributed by atoms with Gasteiger partial charge in [0.2, 0.25) is 5.91 Å². The van der Waals surface area contributed by atoms with E-state index in [1.807, 2.05) is 61.7 Å². The average molecular weight is 601 g/mol. The second kappa shape index (κ2) is 12.2. The van der Waals surface area contributed by atoms with Crippen LogP contribution in [0.4, 0.5) is 17.1 Å². The summed E-state index contributed by atoms with van der Waals surface area (Å²) >= 11 is 5.92. The summed E-state index contributed by atoms with van der Waals surface area (Å²) < 4.78 is 12.6. The third-order valence-corrected chi connectivity index (χ3v) is 7.85. The number of rotatable bonds is 9. The summed E-state index contributed by atoms with van der Waals surface area (Å²) in [5.41, 5.74) is 6.71. The Bertz CT molecular complexity index is 1710. The molecule has 0 radical (unpaired) electrons. The Hall–Kier alpha value is -4.81. The Morgan fingerprint density at radius 1 is 1.12 bits per heavy atom. The Morgan fingerprint density at radius 3 is 2.56 bits per heavy atom. The lowest BCUT2D eigenvalue weighted by Crippen LogP contribution is -2.29. The molecule has 1 fully saturated rings. The minimum atomic E-state index is -0.441. The molecular weight excluding hydrogens is 568 g/mol. The quantitative estimate of drug-likeness (QED) is 0.146. The van der Waals surface area contributed by atoms with Crippen LogP contribution in [0.3, 0.4) is 0 Å². The minimum Gasteiger partial charge on any atom is -0.494 e. The van der Waals surface area contributed by atoms with Crippen molar-refractivity contribution in [1.29, 1.82) is 0 Å². The van der Waals surface area contributed by atoms with Crippen molar-refractivity contribution in [2.75, 3.05) is 31.0 Å². The van der Waals surface area contributed by atoms with Crippen molar-refractivity contribution in [3.05, 3.63) is 105 Å². The van der Waals surface area contributed by atoms with E-state index >= 15 is 0 Å². The molecule has 0 saturated carbocycles. The molecule has 11 nitrogen and oxygen atoms in total. The first-order valence-electron chi connectivity index (χ1n) is 13.6. The molecule has 12 heteroatoms. The van der Waals surface area contributed by atoms with Gasteiger partial charge in [0.25, 0.3) is 5.69 Å². The standard InChI is InChI=1S/C31H32N6O5S/c1-18-14-21(9-11-24(18)33-28(38)17-41-4)36-30(29(34-31(36)43)25-8-6-7-13-32-25)23-15-19(2)35(20(23)3)26-12-10-22(37(39)40)16-27(26)42-5/h6-16,29-30H,17H2,1-5H3,(H,33,38)(H,34,43)/t29-,30-/m0/s1. The summed E-state index contributed by atoms with van der Waals surface area (Å²) in [5, 5.41) is 18.3. The number of anilines is 2. The summed E-state index contributed by atoms with van der Waals surface area (Å²) in [7, 11) is 2.98. The molecule has 2 aromatic carbocycles. The Morgan fingerprint density at radius 2 is 1.91 bits per heavy atom. The van der Waals surface area contributed by atoms with Gasteiger partial charge in [-0.15, -0.1) is 0 Å². The first kappa shape index (κ1) is 29.7. The van der Waals surface area contributed by atoms with Crippen molar-refractivity contribution >= 4 is 40.3 Å². The smallest absolute Gasteiger partial charge is 0.273 e. The number of nitrogens with zero attached hydrogens (tertiary/aromatic N) is 4. The monoisotopic (exact) mass is 600 g/mol. The Balaban J connectivity index is 1.63. The maximum absolute atomic E-state index is 12.2. The van der Waals surface area contributed by atoms with E-state index in [9.17, 15) is 14.9 Å². The SMILES string of the molecule is COCC(=O)Nc1ccc(N2C(=S)N[C@@H](c3ccccn3)[C@@H]2c2cc(C)n(-c3ccc([N+](=O)[O-])cc3OC)c2C)cc1C. The van der Waals surface area contributed by atoms with Gasteiger partial charge in [-0.25, -0.2) is 0 Å². The van der Waals surface area contributed by atoms with E-state index in [-0.39, 0.29) is 30.3 Å². The van der Waals surface area contributed by atoms with Crippen LogP contribution < -0.4 is 20.3 Å². The molecule has 4 aromatic rings. The van der Waals surface area contributed by atoms with Gasteiger partial charge in [-0.1, -0.05) is 6.07 Å². The van der Waals surface area contributed by atoms with E-state index in [0.717, 1.165) is 33.9 Å². The van der Waals surface area contributed by atoms with E-state index in [1.165, 1.54) is 26.4 Å². The summed E-state index contributed by atoms with van der Waals surface area (Å²) in [5.74, 6) is 0.154. The van der Waals surface area contributed by atoms with Crippen LogP contribution in [0.5, 0.6) is 5.75 Å². The number of aromatic nitrogens is 2. The van der Waals surface area contributed by atoms with E-state index in [2.05, 4.69) is 26.6 Å². The van der Waals surface area contributed by atoms with Gasteiger partial charge < -0.3 is 29.6 Å². The average Bonchev–Trinajstić information content (AvgIpc) is 3.48. The van der Waals surface area contributed by atoms with Crippen LogP contribution in [-0.2, 0) is 9.53 Å². The highest BCUT2D eigenvalue weighted by Crippen LogP contribution is 2.45. The number of hydrogen-bond donors (Lipinski definition) is 2. The summed E-state index contributed by atoms with van der Waals surface area (Å²) in [6, 6.07) is 17.7. The van der Waals surface area contributed by atoms with Gasteiger partial charge in [-0.05, 0) is 86.6 Å². The molecule has 0 spiro atoms. The topological polar surface area (TPSA) is 124 Å². The highest BCUT2D eigenvalue weighted by Gasteiger charge is 2.42. The molecule has 0 bridgehead atoms. The van der Waals surface area contributed by atoms with Gasteiger partial charge in [0.05, 0.1) is 41.6 Å². The number of thiocarbonyl (C=S) groups is 1. The predicted molar refractivity (Wildman–Crippen MR) is 168 cm³/mol. The number of nitrogens with one attached hydrogen (secondary N) is 2. The zero-order valence-electron chi connectivity index (χ0n) is 24.5. The predicted octanol–water partition coefficient (Wildman–Crippen LogP) is 5.48. The fourth-order valence-electron chi connectivity index (χ4n) is 5.63. The lowest BCUT2D eigenvalue weighted by atomic mass is 9.96. The maximum atomic E-state index is 12.2. The maximum Gasteiger partial charge on any atom is 0.273 e. The number of carbonyl (C=O) groups is 1. The number of nitro groups is 1. The number of benzene rings is 2. The molecule has 222 valence electrons. The van der Waals surface area contributed by atoms with Crippen molar-refractivity contribution in [2.24, 2.45) is 0 Å². The largest absolute Gasteiger partial charge is 0.494 e. The molecule has 3 heterocycles. The lowest BCUT2D eigenvalue weighted by Gasteiger charge is -2.29. The summed E-state index contributed by atoms with van der Waals surface area (Å²) in [6.45, 7) is 5.89. The van der Waals surface area contributed by atoms with E-state index in [4.69, 9.17) is 21.7 Å². The molecule has 0 aliphatic carbocycles. The van der Waals surface area contributed by atoms with Gasteiger partial charge in [-0.3, -0.25) is 19.9 Å². The molecule has 2 atom stereocenters. The van der Waals surface area contributed by atoms with Gasteiger partial charge >= 0.3 is 0 Å². The number of methoxy groups -OCH3 is 2. The highest BCUT2D eigenvalue weighted by molar-refractivity contribution is 7.80. The third-order valence-electron chi connectivity index (χ3n) is 7.54. The number of ether oxygens (including phenoxy) is 2. The Kier molecular flexibility index (Phi) is 8.42. The van der Waals surface area contributed by atoms with Crippen LogP contribution in [0.25, 0.3) is 5.69 Å². The molecule has 1 aliphatic rings. The molecule has 2 aromatic heterocycles. The van der Waals surface area contributed by atoms with Crippen molar-refractivity contribution < 1.29 is 19.2 Å². The van der Waals surface area contributed by atoms with Crippen molar-refractivity contribution in [3.8, 4) is 11.4 Å². The summed E-state index contributed by atoms with van der Waals surface area (Å²) in [4.78, 5) is 29.8. The van der Waals surface area contributed by atoms with Crippen molar-refractivity contribution in [1.82, 2.24) is 14.9 Å². The number of hydrogen-bond acceptors (Lipinski definition) is 7. The van der Waals surface area contributed by atoms with Gasteiger partial charge in [0.1, 0.15) is 12.4 Å². The normalized spacial score (nSPS) is 16.2. The third kappa shape index (κ3) is 5.66. The van der Waals surface area contributed by atoms with Gasteiger partial charge in [-0.2, -0.15) is 0 Å². The number of amides is 1. The second-order valence-electron chi connectivity index (χ2n) is 10.3. The zero-order valence-corrected chi connectivity index (χ0v) is 25.3. The highest BCUT2D eigenvalue weighted by atomic mass is 32.1. The van der Waals surface area contributed by atoms with Crippen LogP contribution in [0, 0.1) is 30.9 Å².